The molecule has 0 amide bonds. The zero-order valence-electron chi connectivity index (χ0n) is 10.2. The first kappa shape index (κ1) is 12.6. The van der Waals surface area contributed by atoms with Gasteiger partial charge in [-0.05, 0) is 23.1 Å². The highest BCUT2D eigenvalue weighted by Crippen LogP contribution is 2.27. The molecule has 88 valence electrons. The average molecular weight is 222 g/mol. The van der Waals surface area contributed by atoms with Crippen molar-refractivity contribution in [2.75, 3.05) is 7.11 Å². The molecule has 0 saturated carbocycles. The Balaban J connectivity index is 2.86. The van der Waals surface area contributed by atoms with E-state index in [-0.39, 0.29) is 5.97 Å². The quantitative estimate of drug-likeness (QED) is 0.735. The summed E-state index contributed by atoms with van der Waals surface area (Å²) in [5.74, 6) is 0.990. The standard InChI is InChI=1S/C13H18O3/c1-9(2)12-6-5-11(7-13(12)15-4)8-16-10(3)14/h5-7,9H,8H2,1-4H3. The Morgan fingerprint density at radius 1 is 1.38 bits per heavy atom. The Morgan fingerprint density at radius 3 is 2.56 bits per heavy atom. The van der Waals surface area contributed by atoms with Gasteiger partial charge < -0.3 is 9.47 Å². The summed E-state index contributed by atoms with van der Waals surface area (Å²) >= 11 is 0. The maximum Gasteiger partial charge on any atom is 0.302 e. The maximum atomic E-state index is 10.7. The second-order valence-corrected chi connectivity index (χ2v) is 4.01. The van der Waals surface area contributed by atoms with Crippen molar-refractivity contribution in [1.29, 1.82) is 0 Å². The summed E-state index contributed by atoms with van der Waals surface area (Å²) in [6.07, 6.45) is 0. The third-order valence-electron chi connectivity index (χ3n) is 2.36. The van der Waals surface area contributed by atoms with Gasteiger partial charge in [-0.2, -0.15) is 0 Å². The molecular weight excluding hydrogens is 204 g/mol. The van der Waals surface area contributed by atoms with Crippen LogP contribution >= 0.6 is 0 Å². The molecule has 0 aliphatic heterocycles. The van der Waals surface area contributed by atoms with Crippen LogP contribution in [-0.4, -0.2) is 13.1 Å². The van der Waals surface area contributed by atoms with Crippen molar-refractivity contribution >= 4 is 5.97 Å². The SMILES string of the molecule is COc1cc(COC(C)=O)ccc1C(C)C. The molecule has 0 saturated heterocycles. The molecule has 1 rings (SSSR count). The van der Waals surface area contributed by atoms with Crippen molar-refractivity contribution < 1.29 is 14.3 Å². The van der Waals surface area contributed by atoms with Crippen LogP contribution in [0.5, 0.6) is 5.75 Å². The van der Waals surface area contributed by atoms with Crippen molar-refractivity contribution in [2.24, 2.45) is 0 Å². The van der Waals surface area contributed by atoms with E-state index in [1.54, 1.807) is 7.11 Å². The lowest BCUT2D eigenvalue weighted by Crippen LogP contribution is -2.00. The van der Waals surface area contributed by atoms with Crippen LogP contribution in [0.25, 0.3) is 0 Å². The number of hydrogen-bond donors (Lipinski definition) is 0. The van der Waals surface area contributed by atoms with Gasteiger partial charge in [0.15, 0.2) is 0 Å². The average Bonchev–Trinajstić information content (AvgIpc) is 2.25. The predicted molar refractivity (Wildman–Crippen MR) is 62.6 cm³/mol. The molecule has 0 fully saturated rings. The lowest BCUT2D eigenvalue weighted by molar-refractivity contribution is -0.142. The van der Waals surface area contributed by atoms with Gasteiger partial charge in [-0.1, -0.05) is 26.0 Å². The zero-order chi connectivity index (χ0) is 12.1. The van der Waals surface area contributed by atoms with Crippen LogP contribution in [-0.2, 0) is 16.1 Å². The summed E-state index contributed by atoms with van der Waals surface area (Å²) in [4.78, 5) is 10.7. The molecule has 0 heterocycles. The van der Waals surface area contributed by atoms with Crippen molar-refractivity contribution in [3.05, 3.63) is 29.3 Å². The molecule has 0 aliphatic rings. The van der Waals surface area contributed by atoms with Crippen molar-refractivity contribution in [3.8, 4) is 5.75 Å². The van der Waals surface area contributed by atoms with Gasteiger partial charge in [0.2, 0.25) is 0 Å². The highest BCUT2D eigenvalue weighted by Gasteiger charge is 2.08. The van der Waals surface area contributed by atoms with Gasteiger partial charge in [0.25, 0.3) is 0 Å². The van der Waals surface area contributed by atoms with Crippen molar-refractivity contribution in [3.63, 3.8) is 0 Å². The predicted octanol–water partition coefficient (Wildman–Crippen LogP) is 2.88. The lowest BCUT2D eigenvalue weighted by atomic mass is 10.0. The number of esters is 1. The van der Waals surface area contributed by atoms with Crippen LogP contribution in [0.1, 0.15) is 37.8 Å². The van der Waals surface area contributed by atoms with Gasteiger partial charge in [0.1, 0.15) is 12.4 Å². The Morgan fingerprint density at radius 2 is 2.06 bits per heavy atom. The fourth-order valence-corrected chi connectivity index (χ4v) is 1.51. The van der Waals surface area contributed by atoms with Crippen LogP contribution in [0.15, 0.2) is 18.2 Å². The first-order valence-corrected chi connectivity index (χ1v) is 5.34. The summed E-state index contributed by atoms with van der Waals surface area (Å²) < 4.78 is 10.2. The fraction of sp³-hybridized carbons (Fsp3) is 0.462. The van der Waals surface area contributed by atoms with Gasteiger partial charge in [-0.3, -0.25) is 4.79 Å². The minimum absolute atomic E-state index is 0.271. The summed E-state index contributed by atoms with van der Waals surface area (Å²) in [6, 6.07) is 5.89. The van der Waals surface area contributed by atoms with Crippen molar-refractivity contribution in [2.45, 2.75) is 33.3 Å². The number of rotatable bonds is 4. The largest absolute Gasteiger partial charge is 0.496 e. The molecule has 16 heavy (non-hydrogen) atoms. The van der Waals surface area contributed by atoms with E-state index in [2.05, 4.69) is 13.8 Å². The van der Waals surface area contributed by atoms with E-state index in [1.165, 1.54) is 6.92 Å². The Labute approximate surface area is 96.4 Å². The number of ether oxygens (including phenoxy) is 2. The zero-order valence-corrected chi connectivity index (χ0v) is 10.2. The van der Waals surface area contributed by atoms with E-state index in [9.17, 15) is 4.79 Å². The summed E-state index contributed by atoms with van der Waals surface area (Å²) in [7, 11) is 1.65. The molecule has 0 bridgehead atoms. The molecule has 0 N–H and O–H groups in total. The number of hydrogen-bond acceptors (Lipinski definition) is 3. The third kappa shape index (κ3) is 3.26. The molecule has 3 heteroatoms. The molecule has 0 radical (unpaired) electrons. The summed E-state index contributed by atoms with van der Waals surface area (Å²) in [5, 5.41) is 0. The molecule has 0 unspecified atom stereocenters. The maximum absolute atomic E-state index is 10.7. The van der Waals surface area contributed by atoms with E-state index < -0.39 is 0 Å². The van der Waals surface area contributed by atoms with Gasteiger partial charge in [0, 0.05) is 6.92 Å². The fourth-order valence-electron chi connectivity index (χ4n) is 1.51. The smallest absolute Gasteiger partial charge is 0.302 e. The van der Waals surface area contributed by atoms with Crippen LogP contribution in [0.2, 0.25) is 0 Å². The Kier molecular flexibility index (Phi) is 4.35. The normalized spacial score (nSPS) is 10.3. The van der Waals surface area contributed by atoms with Gasteiger partial charge in [-0.25, -0.2) is 0 Å². The van der Waals surface area contributed by atoms with Crippen LogP contribution < -0.4 is 4.74 Å². The Bertz CT molecular complexity index is 369. The second-order valence-electron chi connectivity index (χ2n) is 4.01. The first-order valence-electron chi connectivity index (χ1n) is 5.34. The first-order chi connectivity index (χ1) is 7.54. The molecule has 1 aromatic rings. The van der Waals surface area contributed by atoms with E-state index in [0.29, 0.717) is 12.5 Å². The van der Waals surface area contributed by atoms with E-state index in [0.717, 1.165) is 16.9 Å². The molecule has 0 aromatic heterocycles. The van der Waals surface area contributed by atoms with E-state index in [1.807, 2.05) is 18.2 Å². The van der Waals surface area contributed by atoms with Crippen molar-refractivity contribution in [1.82, 2.24) is 0 Å². The third-order valence-corrected chi connectivity index (χ3v) is 2.36. The number of carbonyl (C=O) groups is 1. The van der Waals surface area contributed by atoms with E-state index in [4.69, 9.17) is 9.47 Å². The monoisotopic (exact) mass is 222 g/mol. The number of carbonyl (C=O) groups excluding carboxylic acids is 1. The number of benzene rings is 1. The number of methoxy groups -OCH3 is 1. The minimum Gasteiger partial charge on any atom is -0.496 e. The van der Waals surface area contributed by atoms with Crippen LogP contribution in [0.3, 0.4) is 0 Å². The van der Waals surface area contributed by atoms with Gasteiger partial charge in [-0.15, -0.1) is 0 Å². The molecular formula is C13H18O3. The summed E-state index contributed by atoms with van der Waals surface area (Å²) in [6.45, 7) is 5.93. The highest BCUT2D eigenvalue weighted by molar-refractivity contribution is 5.65. The molecule has 1 aromatic carbocycles. The van der Waals surface area contributed by atoms with Crippen LogP contribution in [0, 0.1) is 0 Å². The van der Waals surface area contributed by atoms with Crippen LogP contribution in [0.4, 0.5) is 0 Å². The lowest BCUT2D eigenvalue weighted by Gasteiger charge is -2.13. The molecule has 3 nitrogen and oxygen atoms in total. The minimum atomic E-state index is -0.271. The molecule has 0 spiro atoms. The molecule has 0 aliphatic carbocycles. The second kappa shape index (κ2) is 5.54. The van der Waals surface area contributed by atoms with Gasteiger partial charge in [0.05, 0.1) is 7.11 Å². The highest BCUT2D eigenvalue weighted by atomic mass is 16.5. The topological polar surface area (TPSA) is 35.5 Å². The Hall–Kier alpha value is -1.51. The van der Waals surface area contributed by atoms with E-state index >= 15 is 0 Å². The summed E-state index contributed by atoms with van der Waals surface area (Å²) in [5.41, 5.74) is 2.10. The molecule has 0 atom stereocenters. The van der Waals surface area contributed by atoms with Gasteiger partial charge >= 0.3 is 5.97 Å².